The highest BCUT2D eigenvalue weighted by molar-refractivity contribution is 5.78. The standard InChI is InChI=1S/C13H25N3O2/c1-11-2-3-12(8-14)9-16(11)10-13(17)15-4-6-18-7-5-15/h11-12H,2-10,14H2,1H3. The summed E-state index contributed by atoms with van der Waals surface area (Å²) >= 11 is 0. The second-order valence-corrected chi connectivity index (χ2v) is 5.45. The quantitative estimate of drug-likeness (QED) is 0.765. The molecule has 2 rings (SSSR count). The highest BCUT2D eigenvalue weighted by atomic mass is 16.5. The van der Waals surface area contributed by atoms with Crippen LogP contribution in [-0.2, 0) is 9.53 Å². The van der Waals surface area contributed by atoms with E-state index in [1.807, 2.05) is 4.90 Å². The number of nitrogens with zero attached hydrogens (tertiary/aromatic N) is 2. The van der Waals surface area contributed by atoms with E-state index in [1.54, 1.807) is 0 Å². The molecule has 0 spiro atoms. The van der Waals surface area contributed by atoms with E-state index in [2.05, 4.69) is 11.8 Å². The number of carbonyl (C=O) groups excluding carboxylic acids is 1. The van der Waals surface area contributed by atoms with Gasteiger partial charge in [-0.05, 0) is 32.2 Å². The molecule has 2 aliphatic heterocycles. The maximum absolute atomic E-state index is 12.2. The zero-order chi connectivity index (χ0) is 13.0. The Morgan fingerprint density at radius 2 is 2.06 bits per heavy atom. The minimum Gasteiger partial charge on any atom is -0.378 e. The summed E-state index contributed by atoms with van der Waals surface area (Å²) in [6.45, 7) is 7.27. The van der Waals surface area contributed by atoms with Crippen LogP contribution in [0.5, 0.6) is 0 Å². The van der Waals surface area contributed by atoms with Gasteiger partial charge in [-0.25, -0.2) is 0 Å². The number of piperidine rings is 1. The molecule has 104 valence electrons. The molecule has 5 heteroatoms. The van der Waals surface area contributed by atoms with Crippen molar-refractivity contribution in [2.45, 2.75) is 25.8 Å². The van der Waals surface area contributed by atoms with Gasteiger partial charge >= 0.3 is 0 Å². The topological polar surface area (TPSA) is 58.8 Å². The molecule has 2 heterocycles. The Labute approximate surface area is 109 Å². The predicted octanol–water partition coefficient (Wildman–Crippen LogP) is -0.0956. The molecule has 5 nitrogen and oxygen atoms in total. The molecule has 2 N–H and O–H groups in total. The van der Waals surface area contributed by atoms with Gasteiger partial charge in [0.25, 0.3) is 0 Å². The first-order valence-electron chi connectivity index (χ1n) is 7.00. The van der Waals surface area contributed by atoms with Gasteiger partial charge in [0, 0.05) is 25.7 Å². The summed E-state index contributed by atoms with van der Waals surface area (Å²) in [5, 5.41) is 0. The molecular weight excluding hydrogens is 230 g/mol. The van der Waals surface area contributed by atoms with E-state index in [0.29, 0.717) is 31.7 Å². The number of nitrogens with two attached hydrogens (primary N) is 1. The van der Waals surface area contributed by atoms with Crippen molar-refractivity contribution >= 4 is 5.91 Å². The van der Waals surface area contributed by atoms with Crippen molar-refractivity contribution in [2.75, 3.05) is 45.9 Å². The van der Waals surface area contributed by atoms with Crippen molar-refractivity contribution in [1.29, 1.82) is 0 Å². The molecule has 0 aromatic rings. The molecule has 18 heavy (non-hydrogen) atoms. The second kappa shape index (κ2) is 6.50. The van der Waals surface area contributed by atoms with Crippen LogP contribution in [0.25, 0.3) is 0 Å². The molecule has 1 amide bonds. The number of amides is 1. The lowest BCUT2D eigenvalue weighted by Gasteiger charge is -2.38. The summed E-state index contributed by atoms with van der Waals surface area (Å²) in [5.41, 5.74) is 5.75. The van der Waals surface area contributed by atoms with Crippen molar-refractivity contribution in [2.24, 2.45) is 11.7 Å². The monoisotopic (exact) mass is 255 g/mol. The number of hydrogen-bond donors (Lipinski definition) is 1. The van der Waals surface area contributed by atoms with E-state index in [0.717, 1.165) is 32.6 Å². The third kappa shape index (κ3) is 3.43. The molecule has 2 aliphatic rings. The summed E-state index contributed by atoms with van der Waals surface area (Å²) in [6, 6.07) is 0.498. The van der Waals surface area contributed by atoms with E-state index >= 15 is 0 Å². The summed E-state index contributed by atoms with van der Waals surface area (Å²) in [5.74, 6) is 0.793. The van der Waals surface area contributed by atoms with Crippen LogP contribution < -0.4 is 5.73 Å². The van der Waals surface area contributed by atoms with E-state index in [1.165, 1.54) is 6.42 Å². The van der Waals surface area contributed by atoms with E-state index in [4.69, 9.17) is 10.5 Å². The highest BCUT2D eigenvalue weighted by Crippen LogP contribution is 2.21. The molecule has 0 radical (unpaired) electrons. The van der Waals surface area contributed by atoms with Gasteiger partial charge in [0.1, 0.15) is 0 Å². The highest BCUT2D eigenvalue weighted by Gasteiger charge is 2.28. The van der Waals surface area contributed by atoms with Gasteiger partial charge in [0.05, 0.1) is 19.8 Å². The second-order valence-electron chi connectivity index (χ2n) is 5.45. The number of likely N-dealkylation sites (tertiary alicyclic amines) is 1. The van der Waals surface area contributed by atoms with Gasteiger partial charge in [-0.3, -0.25) is 9.69 Å². The lowest BCUT2D eigenvalue weighted by atomic mass is 9.93. The van der Waals surface area contributed by atoms with Crippen LogP contribution >= 0.6 is 0 Å². The molecule has 2 fully saturated rings. The average molecular weight is 255 g/mol. The third-order valence-corrected chi connectivity index (χ3v) is 4.14. The Balaban J connectivity index is 1.84. The fraction of sp³-hybridized carbons (Fsp3) is 0.923. The fourth-order valence-electron chi connectivity index (χ4n) is 2.76. The van der Waals surface area contributed by atoms with Gasteiger partial charge < -0.3 is 15.4 Å². The van der Waals surface area contributed by atoms with Crippen molar-refractivity contribution in [3.8, 4) is 0 Å². The average Bonchev–Trinajstić information content (AvgIpc) is 2.42. The molecule has 2 saturated heterocycles. The normalized spacial score (nSPS) is 30.4. The summed E-state index contributed by atoms with van der Waals surface area (Å²) < 4.78 is 5.27. The van der Waals surface area contributed by atoms with Gasteiger partial charge in [-0.2, -0.15) is 0 Å². The lowest BCUT2D eigenvalue weighted by Crippen LogP contribution is -2.51. The maximum Gasteiger partial charge on any atom is 0.236 e. The van der Waals surface area contributed by atoms with Gasteiger partial charge in [0.15, 0.2) is 0 Å². The number of hydrogen-bond acceptors (Lipinski definition) is 4. The third-order valence-electron chi connectivity index (χ3n) is 4.14. The smallest absolute Gasteiger partial charge is 0.236 e. The minimum absolute atomic E-state index is 0.239. The van der Waals surface area contributed by atoms with Crippen molar-refractivity contribution in [1.82, 2.24) is 9.80 Å². The maximum atomic E-state index is 12.2. The van der Waals surface area contributed by atoms with Crippen molar-refractivity contribution < 1.29 is 9.53 Å². The van der Waals surface area contributed by atoms with Crippen LogP contribution in [-0.4, -0.2) is 67.7 Å². The molecule has 0 aliphatic carbocycles. The van der Waals surface area contributed by atoms with Gasteiger partial charge in [0.2, 0.25) is 5.91 Å². The Bertz CT molecular complexity index is 279. The van der Waals surface area contributed by atoms with E-state index in [9.17, 15) is 4.79 Å². The van der Waals surface area contributed by atoms with Gasteiger partial charge in [-0.1, -0.05) is 0 Å². The minimum atomic E-state index is 0.239. The fourth-order valence-corrected chi connectivity index (χ4v) is 2.76. The number of ether oxygens (including phenoxy) is 1. The van der Waals surface area contributed by atoms with Crippen LogP contribution in [0, 0.1) is 5.92 Å². The first-order valence-corrected chi connectivity index (χ1v) is 7.00. The van der Waals surface area contributed by atoms with Crippen LogP contribution in [0.1, 0.15) is 19.8 Å². The molecule has 2 atom stereocenters. The molecular formula is C13H25N3O2. The molecule has 0 aromatic heterocycles. The van der Waals surface area contributed by atoms with Crippen LogP contribution in [0.3, 0.4) is 0 Å². The number of rotatable bonds is 3. The summed E-state index contributed by atoms with van der Waals surface area (Å²) in [7, 11) is 0. The van der Waals surface area contributed by atoms with Crippen LogP contribution in [0.4, 0.5) is 0 Å². The zero-order valence-corrected chi connectivity index (χ0v) is 11.3. The zero-order valence-electron chi connectivity index (χ0n) is 11.3. The Morgan fingerprint density at radius 3 is 2.72 bits per heavy atom. The largest absolute Gasteiger partial charge is 0.378 e. The molecule has 2 unspecified atom stereocenters. The Hall–Kier alpha value is -0.650. The molecule has 0 bridgehead atoms. The number of morpholine rings is 1. The Kier molecular flexibility index (Phi) is 4.97. The molecule has 0 saturated carbocycles. The predicted molar refractivity (Wildman–Crippen MR) is 70.2 cm³/mol. The Morgan fingerprint density at radius 1 is 1.33 bits per heavy atom. The van der Waals surface area contributed by atoms with Crippen LogP contribution in [0.2, 0.25) is 0 Å². The SMILES string of the molecule is CC1CCC(CN)CN1CC(=O)N1CCOCC1. The van der Waals surface area contributed by atoms with Crippen molar-refractivity contribution in [3.05, 3.63) is 0 Å². The van der Waals surface area contributed by atoms with Crippen molar-refractivity contribution in [3.63, 3.8) is 0 Å². The summed E-state index contributed by atoms with van der Waals surface area (Å²) in [6.07, 6.45) is 2.35. The first-order chi connectivity index (χ1) is 8.70. The van der Waals surface area contributed by atoms with E-state index < -0.39 is 0 Å². The van der Waals surface area contributed by atoms with E-state index in [-0.39, 0.29) is 5.91 Å². The molecule has 0 aromatic carbocycles. The lowest BCUT2D eigenvalue weighted by molar-refractivity contribution is -0.137. The summed E-state index contributed by atoms with van der Waals surface area (Å²) in [4.78, 5) is 16.4. The van der Waals surface area contributed by atoms with Crippen LogP contribution in [0.15, 0.2) is 0 Å². The number of carbonyl (C=O) groups is 1. The van der Waals surface area contributed by atoms with Gasteiger partial charge in [-0.15, -0.1) is 0 Å². The first kappa shape index (κ1) is 13.8.